The third-order valence-corrected chi connectivity index (χ3v) is 3.46. The van der Waals surface area contributed by atoms with Gasteiger partial charge in [0, 0.05) is 5.69 Å². The van der Waals surface area contributed by atoms with E-state index in [4.69, 9.17) is 9.84 Å². The second-order valence-electron chi connectivity index (χ2n) is 5.10. The lowest BCUT2D eigenvalue weighted by Crippen LogP contribution is -2.24. The van der Waals surface area contributed by atoms with Crippen LogP contribution >= 0.6 is 0 Å². The van der Waals surface area contributed by atoms with Crippen LogP contribution in [0.5, 0.6) is 5.75 Å². The first kappa shape index (κ1) is 12.9. The number of nitrogens with zero attached hydrogens (tertiary/aromatic N) is 1. The fourth-order valence-corrected chi connectivity index (χ4v) is 2.32. The van der Waals surface area contributed by atoms with Gasteiger partial charge in [0.15, 0.2) is 11.4 Å². The molecule has 1 fully saturated rings. The van der Waals surface area contributed by atoms with Gasteiger partial charge < -0.3 is 9.84 Å². The average molecular weight is 249 g/mol. The van der Waals surface area contributed by atoms with Crippen molar-refractivity contribution >= 4 is 5.97 Å². The summed E-state index contributed by atoms with van der Waals surface area (Å²) in [5.41, 5.74) is 0.714. The molecule has 0 spiro atoms. The molecule has 4 heteroatoms. The monoisotopic (exact) mass is 249 g/mol. The Hall–Kier alpha value is -1.58. The number of pyridine rings is 1. The number of carbonyl (C=O) groups is 1. The minimum atomic E-state index is -1.03. The number of hydrogen-bond acceptors (Lipinski definition) is 3. The van der Waals surface area contributed by atoms with Crippen molar-refractivity contribution in [3.63, 3.8) is 0 Å². The van der Waals surface area contributed by atoms with Crippen LogP contribution < -0.4 is 4.74 Å². The molecule has 0 bridgehead atoms. The van der Waals surface area contributed by atoms with Crippen LogP contribution in [0.3, 0.4) is 0 Å². The van der Waals surface area contributed by atoms with Crippen LogP contribution in [-0.4, -0.2) is 22.2 Å². The Kier molecular flexibility index (Phi) is 3.84. The van der Waals surface area contributed by atoms with Gasteiger partial charge in [-0.2, -0.15) is 0 Å². The van der Waals surface area contributed by atoms with Gasteiger partial charge in [-0.05, 0) is 50.7 Å². The van der Waals surface area contributed by atoms with Crippen LogP contribution in [0, 0.1) is 12.8 Å². The summed E-state index contributed by atoms with van der Waals surface area (Å²) >= 11 is 0. The molecule has 1 saturated carbocycles. The van der Waals surface area contributed by atoms with E-state index in [-0.39, 0.29) is 11.8 Å². The van der Waals surface area contributed by atoms with E-state index in [0.717, 1.165) is 31.6 Å². The Morgan fingerprint density at radius 2 is 2.00 bits per heavy atom. The number of hydrogen-bond donors (Lipinski definition) is 1. The molecule has 0 atom stereocenters. The highest BCUT2D eigenvalue weighted by Crippen LogP contribution is 2.28. The first-order valence-electron chi connectivity index (χ1n) is 6.44. The zero-order chi connectivity index (χ0) is 13.1. The number of carboxylic acid groups (broad SMARTS) is 1. The quantitative estimate of drug-likeness (QED) is 0.894. The lowest BCUT2D eigenvalue weighted by atomic mass is 9.89. The van der Waals surface area contributed by atoms with Crippen LogP contribution in [0.4, 0.5) is 0 Å². The van der Waals surface area contributed by atoms with Crippen LogP contribution in [0.1, 0.15) is 48.8 Å². The second kappa shape index (κ2) is 5.38. The van der Waals surface area contributed by atoms with Gasteiger partial charge in [-0.25, -0.2) is 9.78 Å². The van der Waals surface area contributed by atoms with E-state index in [1.165, 1.54) is 0 Å². The minimum absolute atomic E-state index is 0.0219. The normalized spacial score (nSPS) is 23.7. The Labute approximate surface area is 107 Å². The minimum Gasteiger partial charge on any atom is -0.488 e. The Morgan fingerprint density at radius 1 is 1.33 bits per heavy atom. The van der Waals surface area contributed by atoms with E-state index in [1.807, 2.05) is 0 Å². The van der Waals surface area contributed by atoms with Crippen LogP contribution in [0.2, 0.25) is 0 Å². The highest BCUT2D eigenvalue weighted by atomic mass is 16.5. The Bertz CT molecular complexity index is 437. The van der Waals surface area contributed by atoms with Crippen molar-refractivity contribution in [2.45, 2.75) is 45.6 Å². The standard InChI is InChI=1S/C14H19NO3/c1-9-3-6-11(7-4-9)18-12-8-5-10(2)15-13(12)14(16)17/h5,8-9,11H,3-4,6-7H2,1-2H3,(H,16,17). The average Bonchev–Trinajstić information content (AvgIpc) is 2.34. The molecule has 1 aliphatic carbocycles. The number of carboxylic acids is 1. The molecule has 1 aliphatic rings. The van der Waals surface area contributed by atoms with Crippen LogP contribution in [0.25, 0.3) is 0 Å². The van der Waals surface area contributed by atoms with Crippen molar-refractivity contribution < 1.29 is 14.6 Å². The van der Waals surface area contributed by atoms with E-state index >= 15 is 0 Å². The molecule has 1 heterocycles. The summed E-state index contributed by atoms with van der Waals surface area (Å²) < 4.78 is 5.81. The number of aryl methyl sites for hydroxylation is 1. The predicted molar refractivity (Wildman–Crippen MR) is 68.0 cm³/mol. The van der Waals surface area contributed by atoms with Gasteiger partial charge in [0.05, 0.1) is 6.10 Å². The molecule has 0 unspecified atom stereocenters. The molecule has 98 valence electrons. The summed E-state index contributed by atoms with van der Waals surface area (Å²) in [7, 11) is 0. The third kappa shape index (κ3) is 3.00. The van der Waals surface area contributed by atoms with Crippen molar-refractivity contribution in [1.29, 1.82) is 0 Å². The summed E-state index contributed by atoms with van der Waals surface area (Å²) in [6, 6.07) is 3.50. The van der Waals surface area contributed by atoms with E-state index in [9.17, 15) is 4.79 Å². The smallest absolute Gasteiger partial charge is 0.358 e. The van der Waals surface area contributed by atoms with E-state index in [1.54, 1.807) is 19.1 Å². The molecule has 18 heavy (non-hydrogen) atoms. The molecular formula is C14H19NO3. The number of rotatable bonds is 3. The number of ether oxygens (including phenoxy) is 1. The summed E-state index contributed by atoms with van der Waals surface area (Å²) in [5.74, 6) is 0.116. The molecule has 0 radical (unpaired) electrons. The van der Waals surface area contributed by atoms with Crippen molar-refractivity contribution in [3.8, 4) is 5.75 Å². The molecule has 4 nitrogen and oxygen atoms in total. The molecule has 1 N–H and O–H groups in total. The fourth-order valence-electron chi connectivity index (χ4n) is 2.32. The summed E-state index contributed by atoms with van der Waals surface area (Å²) in [6.45, 7) is 4.02. The fraction of sp³-hybridized carbons (Fsp3) is 0.571. The zero-order valence-corrected chi connectivity index (χ0v) is 10.8. The lowest BCUT2D eigenvalue weighted by molar-refractivity contribution is 0.0676. The van der Waals surface area contributed by atoms with Crippen LogP contribution in [-0.2, 0) is 0 Å². The summed E-state index contributed by atoms with van der Waals surface area (Å²) in [4.78, 5) is 15.2. The van der Waals surface area contributed by atoms with Crippen molar-refractivity contribution in [3.05, 3.63) is 23.5 Å². The van der Waals surface area contributed by atoms with Gasteiger partial charge in [-0.1, -0.05) is 6.92 Å². The molecule has 0 saturated heterocycles. The zero-order valence-electron chi connectivity index (χ0n) is 10.8. The second-order valence-corrected chi connectivity index (χ2v) is 5.10. The Morgan fingerprint density at radius 3 is 2.61 bits per heavy atom. The first-order valence-corrected chi connectivity index (χ1v) is 6.44. The number of aromatic carboxylic acids is 1. The van der Waals surface area contributed by atoms with Gasteiger partial charge in [-0.3, -0.25) is 0 Å². The van der Waals surface area contributed by atoms with Gasteiger partial charge >= 0.3 is 5.97 Å². The lowest BCUT2D eigenvalue weighted by Gasteiger charge is -2.27. The molecule has 2 rings (SSSR count). The molecule has 0 aromatic carbocycles. The van der Waals surface area contributed by atoms with Gasteiger partial charge in [-0.15, -0.1) is 0 Å². The maximum absolute atomic E-state index is 11.1. The summed E-state index contributed by atoms with van der Waals surface area (Å²) in [6.07, 6.45) is 4.41. The third-order valence-electron chi connectivity index (χ3n) is 3.46. The molecule has 0 aliphatic heterocycles. The highest BCUT2D eigenvalue weighted by molar-refractivity contribution is 5.88. The van der Waals surface area contributed by atoms with Gasteiger partial charge in [0.25, 0.3) is 0 Å². The van der Waals surface area contributed by atoms with Gasteiger partial charge in [0.1, 0.15) is 0 Å². The topological polar surface area (TPSA) is 59.4 Å². The van der Waals surface area contributed by atoms with Crippen LogP contribution in [0.15, 0.2) is 12.1 Å². The maximum Gasteiger partial charge on any atom is 0.358 e. The van der Waals surface area contributed by atoms with E-state index in [0.29, 0.717) is 11.4 Å². The molecule has 0 amide bonds. The van der Waals surface area contributed by atoms with E-state index in [2.05, 4.69) is 11.9 Å². The summed E-state index contributed by atoms with van der Waals surface area (Å²) in [5, 5.41) is 9.12. The Balaban J connectivity index is 2.11. The highest BCUT2D eigenvalue weighted by Gasteiger charge is 2.22. The molecule has 1 aromatic rings. The largest absolute Gasteiger partial charge is 0.488 e. The van der Waals surface area contributed by atoms with Gasteiger partial charge in [0.2, 0.25) is 0 Å². The first-order chi connectivity index (χ1) is 8.56. The van der Waals surface area contributed by atoms with Crippen molar-refractivity contribution in [2.24, 2.45) is 5.92 Å². The predicted octanol–water partition coefficient (Wildman–Crippen LogP) is 3.05. The maximum atomic E-state index is 11.1. The van der Waals surface area contributed by atoms with Crippen molar-refractivity contribution in [2.75, 3.05) is 0 Å². The van der Waals surface area contributed by atoms with E-state index < -0.39 is 5.97 Å². The van der Waals surface area contributed by atoms with Crippen molar-refractivity contribution in [1.82, 2.24) is 4.98 Å². The molecule has 1 aromatic heterocycles. The SMILES string of the molecule is Cc1ccc(OC2CCC(C)CC2)c(C(=O)O)n1. The number of aromatic nitrogens is 1. The molecular weight excluding hydrogens is 230 g/mol.